The quantitative estimate of drug-likeness (QED) is 0.716. The summed E-state index contributed by atoms with van der Waals surface area (Å²) in [5, 5.41) is 3.49. The fourth-order valence-electron chi connectivity index (χ4n) is 2.32. The molecule has 0 fully saturated rings. The van der Waals surface area contributed by atoms with Crippen molar-refractivity contribution in [2.75, 3.05) is 6.54 Å². The van der Waals surface area contributed by atoms with E-state index in [9.17, 15) is 8.78 Å². The molecule has 21 heavy (non-hydrogen) atoms. The van der Waals surface area contributed by atoms with Gasteiger partial charge in [-0.1, -0.05) is 13.0 Å². The van der Waals surface area contributed by atoms with E-state index < -0.39 is 11.6 Å². The summed E-state index contributed by atoms with van der Waals surface area (Å²) in [7, 11) is 0. The average Bonchev–Trinajstić information content (AvgIpc) is 2.77. The molecule has 114 valence electrons. The van der Waals surface area contributed by atoms with Crippen LogP contribution in [-0.2, 0) is 6.42 Å². The van der Waals surface area contributed by atoms with Crippen LogP contribution < -0.4 is 5.32 Å². The van der Waals surface area contributed by atoms with Crippen LogP contribution in [0.15, 0.2) is 28.1 Å². The van der Waals surface area contributed by atoms with Crippen molar-refractivity contribution in [2.24, 2.45) is 0 Å². The van der Waals surface area contributed by atoms with Crippen LogP contribution in [0.3, 0.4) is 0 Å². The highest BCUT2D eigenvalue weighted by Crippen LogP contribution is 2.32. The van der Waals surface area contributed by atoms with Crippen molar-refractivity contribution >= 4 is 27.3 Å². The van der Waals surface area contributed by atoms with E-state index in [1.54, 1.807) is 17.4 Å². The van der Waals surface area contributed by atoms with Crippen LogP contribution in [-0.4, -0.2) is 6.54 Å². The van der Waals surface area contributed by atoms with E-state index in [2.05, 4.69) is 41.2 Å². The second kappa shape index (κ2) is 7.47. The zero-order chi connectivity index (χ0) is 15.4. The lowest BCUT2D eigenvalue weighted by molar-refractivity contribution is 0.500. The van der Waals surface area contributed by atoms with Crippen molar-refractivity contribution in [1.29, 1.82) is 0 Å². The Labute approximate surface area is 136 Å². The van der Waals surface area contributed by atoms with E-state index >= 15 is 0 Å². The summed E-state index contributed by atoms with van der Waals surface area (Å²) in [4.78, 5) is 1.23. The summed E-state index contributed by atoms with van der Waals surface area (Å²) in [5.74, 6) is -1.59. The van der Waals surface area contributed by atoms with E-state index in [1.165, 1.54) is 22.6 Å². The number of hydrogen-bond donors (Lipinski definition) is 1. The predicted octanol–water partition coefficient (Wildman–Crippen LogP) is 5.38. The maximum absolute atomic E-state index is 13.4. The van der Waals surface area contributed by atoms with Gasteiger partial charge in [0.15, 0.2) is 11.6 Å². The largest absolute Gasteiger partial charge is 0.310 e. The molecule has 1 aromatic heterocycles. The van der Waals surface area contributed by atoms with Gasteiger partial charge in [-0.2, -0.15) is 0 Å². The normalized spacial score (nSPS) is 12.6. The molecule has 0 aliphatic carbocycles. The Morgan fingerprint density at radius 3 is 2.57 bits per heavy atom. The molecule has 1 atom stereocenters. The van der Waals surface area contributed by atoms with Crippen molar-refractivity contribution < 1.29 is 8.78 Å². The van der Waals surface area contributed by atoms with Gasteiger partial charge in [-0.3, -0.25) is 0 Å². The van der Waals surface area contributed by atoms with Gasteiger partial charge in [0.1, 0.15) is 0 Å². The lowest BCUT2D eigenvalue weighted by Crippen LogP contribution is -2.24. The van der Waals surface area contributed by atoms with Crippen LogP contribution >= 0.6 is 27.3 Å². The lowest BCUT2D eigenvalue weighted by atomic mass is 9.99. The predicted molar refractivity (Wildman–Crippen MR) is 87.9 cm³/mol. The fraction of sp³-hybridized carbons (Fsp3) is 0.375. The Morgan fingerprint density at radius 1 is 1.24 bits per heavy atom. The number of aryl methyl sites for hydroxylation is 1. The van der Waals surface area contributed by atoms with Crippen molar-refractivity contribution in [3.8, 4) is 0 Å². The number of thiophene rings is 1. The van der Waals surface area contributed by atoms with Gasteiger partial charge < -0.3 is 5.32 Å². The first kappa shape index (κ1) is 16.6. The van der Waals surface area contributed by atoms with Crippen molar-refractivity contribution in [1.82, 2.24) is 5.32 Å². The lowest BCUT2D eigenvalue weighted by Gasteiger charge is -2.19. The summed E-state index contributed by atoms with van der Waals surface area (Å²) in [6.45, 7) is 5.08. The molecule has 0 spiro atoms. The Hall–Kier alpha value is -0.780. The molecule has 1 heterocycles. The monoisotopic (exact) mass is 373 g/mol. The summed E-state index contributed by atoms with van der Waals surface area (Å²) in [6.07, 6.45) is 1.67. The van der Waals surface area contributed by atoms with Crippen LogP contribution in [0, 0.1) is 18.6 Å². The fourth-order valence-corrected chi connectivity index (χ4v) is 4.09. The summed E-state index contributed by atoms with van der Waals surface area (Å²) in [5.41, 5.74) is 2.01. The Kier molecular flexibility index (Phi) is 5.90. The highest BCUT2D eigenvalue weighted by Gasteiger charge is 2.17. The van der Waals surface area contributed by atoms with Crippen LogP contribution in [0.5, 0.6) is 0 Å². The minimum Gasteiger partial charge on any atom is -0.310 e. The molecule has 0 saturated carbocycles. The van der Waals surface area contributed by atoms with Gasteiger partial charge in [-0.05, 0) is 71.6 Å². The molecule has 0 aliphatic heterocycles. The topological polar surface area (TPSA) is 12.0 Å². The number of hydrogen-bond acceptors (Lipinski definition) is 2. The summed E-state index contributed by atoms with van der Waals surface area (Å²) in [6, 6.07) is 6.34. The second-order valence-corrected chi connectivity index (χ2v) is 7.66. The Bertz CT molecular complexity index is 612. The maximum atomic E-state index is 13.4. The van der Waals surface area contributed by atoms with Gasteiger partial charge in [-0.25, -0.2) is 8.78 Å². The average molecular weight is 374 g/mol. The number of nitrogens with one attached hydrogen (secondary N) is 1. The van der Waals surface area contributed by atoms with Gasteiger partial charge in [0.25, 0.3) is 0 Å². The van der Waals surface area contributed by atoms with Crippen LogP contribution in [0.2, 0.25) is 0 Å². The minimum absolute atomic E-state index is 0.109. The van der Waals surface area contributed by atoms with Crippen molar-refractivity contribution in [2.45, 2.75) is 32.7 Å². The SMILES string of the molecule is CCCNC(Cc1ccc(F)c(F)c1)c1cc(Br)sc1C. The Balaban J connectivity index is 2.23. The molecule has 1 aromatic carbocycles. The van der Waals surface area contributed by atoms with E-state index in [-0.39, 0.29) is 6.04 Å². The van der Waals surface area contributed by atoms with Gasteiger partial charge in [0, 0.05) is 10.9 Å². The molecule has 1 nitrogen and oxygen atoms in total. The van der Waals surface area contributed by atoms with Crippen LogP contribution in [0.25, 0.3) is 0 Å². The molecule has 2 aromatic rings. The first-order valence-corrected chi connectivity index (χ1v) is 8.55. The molecule has 0 radical (unpaired) electrons. The molecule has 2 rings (SSSR count). The zero-order valence-corrected chi connectivity index (χ0v) is 14.5. The van der Waals surface area contributed by atoms with E-state index in [0.717, 1.165) is 22.3 Å². The van der Waals surface area contributed by atoms with Gasteiger partial charge in [0.05, 0.1) is 3.79 Å². The van der Waals surface area contributed by atoms with Crippen LogP contribution in [0.1, 0.15) is 35.4 Å². The maximum Gasteiger partial charge on any atom is 0.159 e. The number of halogens is 3. The van der Waals surface area contributed by atoms with Gasteiger partial charge in [-0.15, -0.1) is 11.3 Å². The molecule has 0 aliphatic rings. The minimum atomic E-state index is -0.800. The van der Waals surface area contributed by atoms with Gasteiger partial charge >= 0.3 is 0 Å². The third-order valence-electron chi connectivity index (χ3n) is 3.37. The molecule has 0 saturated heterocycles. The van der Waals surface area contributed by atoms with Crippen molar-refractivity contribution in [3.63, 3.8) is 0 Å². The number of benzene rings is 1. The van der Waals surface area contributed by atoms with Crippen LogP contribution in [0.4, 0.5) is 8.78 Å². The molecule has 0 amide bonds. The summed E-state index contributed by atoms with van der Waals surface area (Å²) >= 11 is 5.20. The summed E-state index contributed by atoms with van der Waals surface area (Å²) < 4.78 is 27.5. The van der Waals surface area contributed by atoms with Crippen molar-refractivity contribution in [3.05, 3.63) is 55.7 Å². The highest BCUT2D eigenvalue weighted by molar-refractivity contribution is 9.11. The number of rotatable bonds is 6. The third-order valence-corrected chi connectivity index (χ3v) is 4.94. The van der Waals surface area contributed by atoms with E-state index in [0.29, 0.717) is 6.42 Å². The standard InChI is InChI=1S/C16H18BrF2NS/c1-3-6-20-15(12-9-16(17)21-10(12)2)8-11-4-5-13(18)14(19)7-11/h4-5,7,9,15,20H,3,6,8H2,1-2H3. The second-order valence-electron chi connectivity index (χ2n) is 5.02. The third kappa shape index (κ3) is 4.34. The smallest absolute Gasteiger partial charge is 0.159 e. The molecular weight excluding hydrogens is 356 g/mol. The first-order valence-electron chi connectivity index (χ1n) is 6.94. The molecule has 5 heteroatoms. The molecular formula is C16H18BrF2NS. The molecule has 0 bridgehead atoms. The molecule has 1 unspecified atom stereocenters. The van der Waals surface area contributed by atoms with E-state index in [4.69, 9.17) is 0 Å². The molecule has 1 N–H and O–H groups in total. The van der Waals surface area contributed by atoms with E-state index in [1.807, 2.05) is 0 Å². The zero-order valence-electron chi connectivity index (χ0n) is 12.1. The van der Waals surface area contributed by atoms with Gasteiger partial charge in [0.2, 0.25) is 0 Å². The first-order chi connectivity index (χ1) is 10.0. The Morgan fingerprint density at radius 2 is 2.00 bits per heavy atom. The highest BCUT2D eigenvalue weighted by atomic mass is 79.9.